The zero-order chi connectivity index (χ0) is 15.5. The van der Waals surface area contributed by atoms with Gasteiger partial charge < -0.3 is 19.6 Å². The lowest BCUT2D eigenvalue weighted by Gasteiger charge is -2.38. The molecule has 1 N–H and O–H groups in total. The number of fused-ring (bicyclic) bond motifs is 1. The average molecular weight is 315 g/mol. The number of aliphatic hydroxyl groups is 1. The van der Waals surface area contributed by atoms with Crippen molar-refractivity contribution in [2.24, 2.45) is 0 Å². The largest absolute Gasteiger partial charge is 0.390 e. The molecule has 0 bridgehead atoms. The Kier molecular flexibility index (Phi) is 5.24. The van der Waals surface area contributed by atoms with Crippen molar-refractivity contribution in [1.29, 1.82) is 0 Å². The zero-order valence-electron chi connectivity index (χ0n) is 12.8. The summed E-state index contributed by atoms with van der Waals surface area (Å²) in [4.78, 5) is 12.8. The first-order valence-electron chi connectivity index (χ1n) is 7.14. The van der Waals surface area contributed by atoms with Gasteiger partial charge in [-0.25, -0.2) is 4.98 Å². The van der Waals surface area contributed by atoms with Gasteiger partial charge in [0.05, 0.1) is 24.1 Å². The molecule has 0 fully saturated rings. The third-order valence-electron chi connectivity index (χ3n) is 3.56. The van der Waals surface area contributed by atoms with E-state index >= 15 is 0 Å². The fourth-order valence-electron chi connectivity index (χ4n) is 2.33. The summed E-state index contributed by atoms with van der Waals surface area (Å²) in [5.41, 5.74) is 0.284. The molecule has 0 saturated heterocycles. The first-order chi connectivity index (χ1) is 9.90. The Hall–Kier alpha value is -1.11. The minimum atomic E-state index is -0.680. The van der Waals surface area contributed by atoms with Crippen molar-refractivity contribution in [2.75, 3.05) is 49.7 Å². The van der Waals surface area contributed by atoms with Gasteiger partial charge in [0.1, 0.15) is 0 Å². The van der Waals surface area contributed by atoms with E-state index in [9.17, 15) is 5.11 Å². The summed E-state index contributed by atoms with van der Waals surface area (Å²) in [5, 5.41) is 10.2. The van der Waals surface area contributed by atoms with Gasteiger partial charge in [-0.3, -0.25) is 0 Å². The van der Waals surface area contributed by atoms with Crippen LogP contribution in [0.4, 0.5) is 11.5 Å². The number of ether oxygens (including phenoxy) is 1. The number of methoxy groups -OCH3 is 1. The van der Waals surface area contributed by atoms with E-state index in [2.05, 4.69) is 19.8 Å². The van der Waals surface area contributed by atoms with Gasteiger partial charge in [-0.2, -0.15) is 4.98 Å². The summed E-state index contributed by atoms with van der Waals surface area (Å²) < 4.78 is 5.14. The third kappa shape index (κ3) is 4.43. The van der Waals surface area contributed by atoms with Gasteiger partial charge >= 0.3 is 0 Å². The molecule has 0 radical (unpaired) electrons. The Morgan fingerprint density at radius 2 is 2.05 bits per heavy atom. The minimum absolute atomic E-state index is 0.250. The highest BCUT2D eigenvalue weighted by atomic mass is 35.5. The monoisotopic (exact) mass is 314 g/mol. The second-order valence-corrected chi connectivity index (χ2v) is 6.22. The van der Waals surface area contributed by atoms with Gasteiger partial charge in [0.25, 0.3) is 0 Å². The second-order valence-electron chi connectivity index (χ2n) is 5.88. The molecule has 1 aliphatic rings. The van der Waals surface area contributed by atoms with Gasteiger partial charge in [0, 0.05) is 33.3 Å². The third-order valence-corrected chi connectivity index (χ3v) is 3.74. The van der Waals surface area contributed by atoms with Crippen LogP contribution in [0.2, 0.25) is 5.28 Å². The van der Waals surface area contributed by atoms with Crippen molar-refractivity contribution in [3.63, 3.8) is 0 Å². The zero-order valence-corrected chi connectivity index (χ0v) is 13.6. The molecule has 0 amide bonds. The molecule has 0 saturated carbocycles. The van der Waals surface area contributed by atoms with E-state index in [-0.39, 0.29) is 5.28 Å². The molecule has 0 aromatic carbocycles. The van der Waals surface area contributed by atoms with Gasteiger partial charge in [0.2, 0.25) is 5.28 Å². The average Bonchev–Trinajstić information content (AvgIpc) is 2.42. The number of hydrogen-bond acceptors (Lipinski definition) is 6. The number of halogens is 1. The van der Waals surface area contributed by atoms with Crippen LogP contribution in [-0.2, 0) is 4.74 Å². The molecule has 0 spiro atoms. The number of rotatable bonds is 6. The van der Waals surface area contributed by atoms with Crippen LogP contribution in [0.25, 0.3) is 0 Å². The van der Waals surface area contributed by atoms with Crippen molar-refractivity contribution in [2.45, 2.75) is 25.9 Å². The summed E-state index contributed by atoms with van der Waals surface area (Å²) in [5.74, 6) is 0.842. The Morgan fingerprint density at radius 3 is 2.71 bits per heavy atom. The van der Waals surface area contributed by atoms with Crippen LogP contribution >= 0.6 is 11.6 Å². The van der Waals surface area contributed by atoms with Gasteiger partial charge in [-0.15, -0.1) is 0 Å². The number of nitrogens with zero attached hydrogens (tertiary/aromatic N) is 4. The van der Waals surface area contributed by atoms with Crippen molar-refractivity contribution >= 4 is 23.1 Å². The quantitative estimate of drug-likeness (QED) is 0.804. The predicted molar refractivity (Wildman–Crippen MR) is 84.3 cm³/mol. The summed E-state index contributed by atoms with van der Waals surface area (Å²) in [6.07, 6.45) is 2.45. The summed E-state index contributed by atoms with van der Waals surface area (Å²) in [6.45, 7) is 7.55. The van der Waals surface area contributed by atoms with Crippen LogP contribution in [0, 0.1) is 0 Å². The van der Waals surface area contributed by atoms with E-state index < -0.39 is 5.60 Å². The second kappa shape index (κ2) is 6.77. The molecule has 2 heterocycles. The normalized spacial score (nSPS) is 15.3. The first kappa shape index (κ1) is 16.3. The maximum absolute atomic E-state index is 9.90. The molecular formula is C14H23ClN4O2. The lowest BCUT2D eigenvalue weighted by atomic mass is 10.1. The Bertz CT molecular complexity index is 479. The van der Waals surface area contributed by atoms with Crippen molar-refractivity contribution in [1.82, 2.24) is 9.97 Å². The molecule has 0 atom stereocenters. The van der Waals surface area contributed by atoms with Gasteiger partial charge in [-0.1, -0.05) is 0 Å². The van der Waals surface area contributed by atoms with Crippen LogP contribution in [0.5, 0.6) is 0 Å². The molecule has 2 rings (SSSR count). The van der Waals surface area contributed by atoms with Crippen LogP contribution in [0.15, 0.2) is 6.20 Å². The number of aromatic nitrogens is 2. The van der Waals surface area contributed by atoms with Gasteiger partial charge in [-0.05, 0) is 31.9 Å². The molecule has 1 aliphatic heterocycles. The molecule has 7 heteroatoms. The lowest BCUT2D eigenvalue weighted by Crippen LogP contribution is -2.44. The highest BCUT2D eigenvalue weighted by molar-refractivity contribution is 6.28. The van der Waals surface area contributed by atoms with E-state index in [1.807, 2.05) is 13.8 Å². The molecular weight excluding hydrogens is 292 g/mol. The smallest absolute Gasteiger partial charge is 0.224 e. The van der Waals surface area contributed by atoms with E-state index in [4.69, 9.17) is 16.3 Å². The van der Waals surface area contributed by atoms with E-state index in [1.165, 1.54) is 0 Å². The van der Waals surface area contributed by atoms with E-state index in [0.29, 0.717) is 13.0 Å². The lowest BCUT2D eigenvalue weighted by molar-refractivity contribution is 0.0730. The summed E-state index contributed by atoms with van der Waals surface area (Å²) in [7, 11) is 1.69. The molecule has 21 heavy (non-hydrogen) atoms. The maximum Gasteiger partial charge on any atom is 0.224 e. The fraction of sp³-hybridized carbons (Fsp3) is 0.714. The van der Waals surface area contributed by atoms with Crippen molar-refractivity contribution < 1.29 is 9.84 Å². The molecule has 1 aromatic rings. The number of hydrogen-bond donors (Lipinski definition) is 1. The van der Waals surface area contributed by atoms with Crippen molar-refractivity contribution in [3.8, 4) is 0 Å². The fourth-order valence-corrected chi connectivity index (χ4v) is 2.46. The first-order valence-corrected chi connectivity index (χ1v) is 7.52. The Balaban J connectivity index is 2.17. The Morgan fingerprint density at radius 1 is 1.33 bits per heavy atom. The number of anilines is 2. The van der Waals surface area contributed by atoms with E-state index in [1.54, 1.807) is 13.3 Å². The van der Waals surface area contributed by atoms with Crippen LogP contribution in [0.1, 0.15) is 20.3 Å². The van der Waals surface area contributed by atoms with Crippen molar-refractivity contribution in [3.05, 3.63) is 11.5 Å². The highest BCUT2D eigenvalue weighted by Gasteiger charge is 2.26. The summed E-state index contributed by atoms with van der Waals surface area (Å²) >= 11 is 5.93. The topological polar surface area (TPSA) is 61.7 Å². The van der Waals surface area contributed by atoms with Gasteiger partial charge in [0.15, 0.2) is 5.82 Å². The molecule has 1 aromatic heterocycles. The summed E-state index contributed by atoms with van der Waals surface area (Å²) in [6, 6.07) is 0. The Labute approximate surface area is 130 Å². The van der Waals surface area contributed by atoms with E-state index in [0.717, 1.165) is 37.7 Å². The molecule has 6 nitrogen and oxygen atoms in total. The standard InChI is InChI=1S/C14H23ClN4O2/c1-14(2,20)4-5-18-6-7-19(8-9-21-3)12-11(18)10-16-13(15)17-12/h10,20H,4-9H2,1-3H3. The minimum Gasteiger partial charge on any atom is -0.390 e. The van der Waals surface area contributed by atoms with Crippen LogP contribution in [-0.4, -0.2) is 60.6 Å². The van der Waals surface area contributed by atoms with Crippen LogP contribution < -0.4 is 9.80 Å². The maximum atomic E-state index is 9.90. The SMILES string of the molecule is COCCN1CCN(CCC(C)(C)O)c2cnc(Cl)nc21. The molecule has 118 valence electrons. The molecule has 0 aliphatic carbocycles. The highest BCUT2D eigenvalue weighted by Crippen LogP contribution is 2.31. The van der Waals surface area contributed by atoms with Crippen LogP contribution in [0.3, 0.4) is 0 Å². The molecule has 0 unspecified atom stereocenters. The predicted octanol–water partition coefficient (Wildman–Crippen LogP) is 1.56.